The largest absolute Gasteiger partial charge is 0.316 e. The van der Waals surface area contributed by atoms with Gasteiger partial charge in [-0.25, -0.2) is 8.42 Å². The Balaban J connectivity index is 2.65. The average molecular weight is 297 g/mol. The van der Waals surface area contributed by atoms with Crippen molar-refractivity contribution in [1.82, 2.24) is 5.32 Å². The zero-order valence-electron chi connectivity index (χ0n) is 12.9. The molecular weight excluding hydrogens is 270 g/mol. The Morgan fingerprint density at radius 1 is 1.25 bits per heavy atom. The van der Waals surface area contributed by atoms with Crippen molar-refractivity contribution >= 4 is 9.84 Å². The van der Waals surface area contributed by atoms with Gasteiger partial charge in [-0.3, -0.25) is 0 Å². The second-order valence-corrected chi connectivity index (χ2v) is 7.77. The van der Waals surface area contributed by atoms with Crippen molar-refractivity contribution in [3.05, 3.63) is 35.4 Å². The zero-order valence-corrected chi connectivity index (χ0v) is 13.7. The minimum atomic E-state index is -2.85. The number of likely N-dealkylation sites (N-methyl/N-ethyl adjacent to an activating group) is 1. The second kappa shape index (κ2) is 8.42. The van der Waals surface area contributed by atoms with Gasteiger partial charge in [-0.05, 0) is 37.8 Å². The minimum absolute atomic E-state index is 0.245. The molecule has 0 spiro atoms. The number of hydrogen-bond donors (Lipinski definition) is 1. The Kier molecular flexibility index (Phi) is 7.24. The number of nitrogens with one attached hydrogen (secondary N) is 1. The predicted molar refractivity (Wildman–Crippen MR) is 86.0 cm³/mol. The lowest BCUT2D eigenvalue weighted by Crippen LogP contribution is -2.22. The Morgan fingerprint density at radius 2 is 2.00 bits per heavy atom. The van der Waals surface area contributed by atoms with Crippen LogP contribution in [0.1, 0.15) is 43.7 Å². The topological polar surface area (TPSA) is 46.2 Å². The molecule has 20 heavy (non-hydrogen) atoms. The molecular formula is C16H27NO2S. The van der Waals surface area contributed by atoms with Crippen LogP contribution in [0.25, 0.3) is 0 Å². The SMILES string of the molecule is CCNCC(CCCS(=O)(=O)CC)c1cccc(C)c1. The molecule has 0 fully saturated rings. The van der Waals surface area contributed by atoms with Crippen molar-refractivity contribution in [2.45, 2.75) is 39.5 Å². The number of sulfone groups is 1. The van der Waals surface area contributed by atoms with Crippen LogP contribution >= 0.6 is 0 Å². The van der Waals surface area contributed by atoms with Crippen LogP contribution in [-0.4, -0.2) is 33.0 Å². The molecule has 0 aliphatic heterocycles. The molecule has 0 aliphatic carbocycles. The second-order valence-electron chi connectivity index (χ2n) is 5.30. The van der Waals surface area contributed by atoms with Gasteiger partial charge in [-0.1, -0.05) is 43.7 Å². The van der Waals surface area contributed by atoms with E-state index in [4.69, 9.17) is 0 Å². The third kappa shape index (κ3) is 6.06. The summed E-state index contributed by atoms with van der Waals surface area (Å²) in [4.78, 5) is 0. The van der Waals surface area contributed by atoms with Crippen LogP contribution < -0.4 is 5.32 Å². The van der Waals surface area contributed by atoms with Crippen LogP contribution in [0.15, 0.2) is 24.3 Å². The molecule has 0 bridgehead atoms. The van der Waals surface area contributed by atoms with Gasteiger partial charge in [0.25, 0.3) is 0 Å². The van der Waals surface area contributed by atoms with Crippen LogP contribution in [0.2, 0.25) is 0 Å². The highest BCUT2D eigenvalue weighted by atomic mass is 32.2. The van der Waals surface area contributed by atoms with Crippen LogP contribution in [0.4, 0.5) is 0 Å². The van der Waals surface area contributed by atoms with Gasteiger partial charge in [0.2, 0.25) is 0 Å². The van der Waals surface area contributed by atoms with Gasteiger partial charge >= 0.3 is 0 Å². The number of benzene rings is 1. The molecule has 1 unspecified atom stereocenters. The lowest BCUT2D eigenvalue weighted by Gasteiger charge is -2.18. The summed E-state index contributed by atoms with van der Waals surface area (Å²) in [6.45, 7) is 7.75. The van der Waals surface area contributed by atoms with Gasteiger partial charge in [0.15, 0.2) is 0 Å². The van der Waals surface area contributed by atoms with Crippen molar-refractivity contribution in [2.24, 2.45) is 0 Å². The average Bonchev–Trinajstić information content (AvgIpc) is 2.42. The molecule has 0 heterocycles. The molecule has 0 amide bonds. The van der Waals surface area contributed by atoms with Gasteiger partial charge in [-0.2, -0.15) is 0 Å². The third-order valence-corrected chi connectivity index (χ3v) is 5.39. The van der Waals surface area contributed by atoms with E-state index >= 15 is 0 Å². The van der Waals surface area contributed by atoms with Gasteiger partial charge in [0.1, 0.15) is 9.84 Å². The Labute approximate surface area is 123 Å². The highest BCUT2D eigenvalue weighted by Crippen LogP contribution is 2.22. The van der Waals surface area contributed by atoms with Gasteiger partial charge in [-0.15, -0.1) is 0 Å². The molecule has 0 aliphatic rings. The molecule has 3 nitrogen and oxygen atoms in total. The summed E-state index contributed by atoms with van der Waals surface area (Å²) in [5, 5.41) is 3.38. The fraction of sp³-hybridized carbons (Fsp3) is 0.625. The Bertz CT molecular complexity index is 497. The summed E-state index contributed by atoms with van der Waals surface area (Å²) in [7, 11) is -2.85. The first kappa shape index (κ1) is 17.2. The maximum atomic E-state index is 11.6. The standard InChI is InChI=1S/C16H27NO2S/c1-4-17-13-16(10-7-11-20(18,19)5-2)15-9-6-8-14(3)12-15/h6,8-9,12,16-17H,4-5,7,10-11,13H2,1-3H3. The molecule has 114 valence electrons. The van der Waals surface area contributed by atoms with Gasteiger partial charge < -0.3 is 5.32 Å². The first-order valence-electron chi connectivity index (χ1n) is 7.46. The van der Waals surface area contributed by atoms with Crippen molar-refractivity contribution in [3.8, 4) is 0 Å². The molecule has 1 aromatic carbocycles. The summed E-state index contributed by atoms with van der Waals surface area (Å²) in [5.41, 5.74) is 2.56. The highest BCUT2D eigenvalue weighted by molar-refractivity contribution is 7.91. The van der Waals surface area contributed by atoms with E-state index in [2.05, 4.69) is 43.4 Å². The van der Waals surface area contributed by atoms with E-state index in [1.54, 1.807) is 6.92 Å². The zero-order chi connectivity index (χ0) is 15.0. The molecule has 0 saturated carbocycles. The van der Waals surface area contributed by atoms with Crippen molar-refractivity contribution in [2.75, 3.05) is 24.6 Å². The normalized spacial score (nSPS) is 13.3. The molecule has 1 aromatic rings. The fourth-order valence-electron chi connectivity index (χ4n) is 2.32. The van der Waals surface area contributed by atoms with E-state index in [0.717, 1.165) is 25.9 Å². The number of rotatable bonds is 9. The molecule has 4 heteroatoms. The van der Waals surface area contributed by atoms with Crippen molar-refractivity contribution < 1.29 is 8.42 Å². The first-order chi connectivity index (χ1) is 9.48. The summed E-state index contributed by atoms with van der Waals surface area (Å²) in [6.07, 6.45) is 1.65. The summed E-state index contributed by atoms with van der Waals surface area (Å²) in [6, 6.07) is 8.52. The molecule has 0 aromatic heterocycles. The maximum Gasteiger partial charge on any atom is 0.150 e. The number of hydrogen-bond acceptors (Lipinski definition) is 3. The lowest BCUT2D eigenvalue weighted by molar-refractivity contribution is 0.548. The Morgan fingerprint density at radius 3 is 2.60 bits per heavy atom. The summed E-state index contributed by atoms with van der Waals surface area (Å²) >= 11 is 0. The van der Waals surface area contributed by atoms with Crippen LogP contribution in [0.5, 0.6) is 0 Å². The molecule has 0 saturated heterocycles. The van der Waals surface area contributed by atoms with Crippen LogP contribution in [-0.2, 0) is 9.84 Å². The quantitative estimate of drug-likeness (QED) is 0.762. The summed E-state index contributed by atoms with van der Waals surface area (Å²) in [5.74, 6) is 0.940. The molecule has 1 rings (SSSR count). The van der Waals surface area contributed by atoms with E-state index < -0.39 is 9.84 Å². The van der Waals surface area contributed by atoms with E-state index in [-0.39, 0.29) is 5.75 Å². The predicted octanol–water partition coefficient (Wildman–Crippen LogP) is 2.90. The third-order valence-electron chi connectivity index (χ3n) is 3.60. The first-order valence-corrected chi connectivity index (χ1v) is 9.28. The van der Waals surface area contributed by atoms with Crippen molar-refractivity contribution in [1.29, 1.82) is 0 Å². The van der Waals surface area contributed by atoms with E-state index in [0.29, 0.717) is 11.7 Å². The summed E-state index contributed by atoms with van der Waals surface area (Å²) < 4.78 is 23.1. The number of aryl methyl sites for hydroxylation is 1. The van der Waals surface area contributed by atoms with Crippen LogP contribution in [0.3, 0.4) is 0 Å². The van der Waals surface area contributed by atoms with Crippen LogP contribution in [0, 0.1) is 6.92 Å². The maximum absolute atomic E-state index is 11.6. The van der Waals surface area contributed by atoms with Gasteiger partial charge in [0.05, 0.1) is 5.75 Å². The fourth-order valence-corrected chi connectivity index (χ4v) is 3.22. The highest BCUT2D eigenvalue weighted by Gasteiger charge is 2.14. The van der Waals surface area contributed by atoms with Gasteiger partial charge in [0, 0.05) is 12.3 Å². The lowest BCUT2D eigenvalue weighted by atomic mass is 9.93. The van der Waals surface area contributed by atoms with E-state index in [1.165, 1.54) is 11.1 Å². The Hall–Kier alpha value is -0.870. The molecule has 1 N–H and O–H groups in total. The van der Waals surface area contributed by atoms with E-state index in [1.807, 2.05) is 0 Å². The smallest absolute Gasteiger partial charge is 0.150 e. The molecule has 1 atom stereocenters. The van der Waals surface area contributed by atoms with Crippen molar-refractivity contribution in [3.63, 3.8) is 0 Å². The van der Waals surface area contributed by atoms with E-state index in [9.17, 15) is 8.42 Å². The molecule has 0 radical (unpaired) electrons. The monoisotopic (exact) mass is 297 g/mol. The minimum Gasteiger partial charge on any atom is -0.316 e.